The van der Waals surface area contributed by atoms with E-state index in [0.29, 0.717) is 0 Å². The van der Waals surface area contributed by atoms with E-state index in [2.05, 4.69) is 41.2 Å². The average Bonchev–Trinajstić information content (AvgIpc) is 2.37. The topological polar surface area (TPSA) is 0 Å². The van der Waals surface area contributed by atoms with E-state index >= 15 is 0 Å². The lowest BCUT2D eigenvalue weighted by molar-refractivity contribution is 0.683. The van der Waals surface area contributed by atoms with Gasteiger partial charge in [-0.2, -0.15) is 0 Å². The Balaban J connectivity index is 2.80. The molecule has 0 saturated heterocycles. The van der Waals surface area contributed by atoms with E-state index in [1.165, 1.54) is 53.5 Å². The third kappa shape index (κ3) is 3.25. The summed E-state index contributed by atoms with van der Waals surface area (Å²) in [6.07, 6.45) is 8.32. The molecule has 100 valence electrons. The quantitative estimate of drug-likeness (QED) is 0.456. The Morgan fingerprint density at radius 3 is 1.72 bits per heavy atom. The van der Waals surface area contributed by atoms with Gasteiger partial charge < -0.3 is 0 Å². The van der Waals surface area contributed by atoms with Crippen LogP contribution < -0.4 is 0 Å². The average molecular weight is 244 g/mol. The fourth-order valence-corrected chi connectivity index (χ4v) is 2.72. The Morgan fingerprint density at radius 2 is 1.22 bits per heavy atom. The highest BCUT2D eigenvalue weighted by molar-refractivity contribution is 5.49. The number of rotatable bonds is 6. The second-order valence-electron chi connectivity index (χ2n) is 5.49. The van der Waals surface area contributed by atoms with Crippen LogP contribution in [0.2, 0.25) is 0 Å². The van der Waals surface area contributed by atoms with Crippen LogP contribution in [0.3, 0.4) is 0 Å². The van der Waals surface area contributed by atoms with Crippen LogP contribution in [0.4, 0.5) is 0 Å². The minimum Gasteiger partial charge on any atom is -0.103 e. The standard InChI is InChI=1S/C18H28/c1-7-8-9-10-11-12-18-16(5)14(3)13(2)15(4)17(18)6/h7H,1,8-12H2,2-6H3. The zero-order valence-electron chi connectivity index (χ0n) is 12.8. The molecule has 0 radical (unpaired) electrons. The predicted octanol–water partition coefficient (Wildman–Crippen LogP) is 5.52. The number of benzene rings is 1. The van der Waals surface area contributed by atoms with E-state index in [-0.39, 0.29) is 0 Å². The molecule has 18 heavy (non-hydrogen) atoms. The fraction of sp³-hybridized carbons (Fsp3) is 0.556. The molecule has 0 saturated carbocycles. The molecule has 0 aliphatic rings. The van der Waals surface area contributed by atoms with Crippen molar-refractivity contribution in [2.45, 2.75) is 66.7 Å². The van der Waals surface area contributed by atoms with Crippen molar-refractivity contribution in [1.29, 1.82) is 0 Å². The van der Waals surface area contributed by atoms with Gasteiger partial charge in [-0.3, -0.25) is 0 Å². The first-order chi connectivity index (χ1) is 8.50. The molecule has 0 heteroatoms. The van der Waals surface area contributed by atoms with Gasteiger partial charge in [0.25, 0.3) is 0 Å². The molecule has 1 aromatic carbocycles. The van der Waals surface area contributed by atoms with Gasteiger partial charge >= 0.3 is 0 Å². The molecule has 0 aliphatic heterocycles. The van der Waals surface area contributed by atoms with Crippen molar-refractivity contribution in [2.24, 2.45) is 0 Å². The SMILES string of the molecule is C=CCCCCCc1c(C)c(C)c(C)c(C)c1C. The fourth-order valence-electron chi connectivity index (χ4n) is 2.72. The minimum atomic E-state index is 1.16. The molecule has 0 N–H and O–H groups in total. The van der Waals surface area contributed by atoms with Gasteiger partial charge in [0.15, 0.2) is 0 Å². The van der Waals surface area contributed by atoms with E-state index in [0.717, 1.165) is 6.42 Å². The first-order valence-electron chi connectivity index (χ1n) is 7.17. The Labute approximate surface area is 113 Å². The summed E-state index contributed by atoms with van der Waals surface area (Å²) in [4.78, 5) is 0. The molecule has 0 fully saturated rings. The van der Waals surface area contributed by atoms with Crippen molar-refractivity contribution >= 4 is 0 Å². The summed E-state index contributed by atoms with van der Waals surface area (Å²) in [5.74, 6) is 0. The molecule has 0 spiro atoms. The van der Waals surface area contributed by atoms with Gasteiger partial charge in [-0.05, 0) is 93.7 Å². The summed E-state index contributed by atoms with van der Waals surface area (Å²) in [5.41, 5.74) is 9.06. The highest BCUT2D eigenvalue weighted by atomic mass is 14.2. The van der Waals surface area contributed by atoms with E-state index in [9.17, 15) is 0 Å². The highest BCUT2D eigenvalue weighted by Gasteiger charge is 2.11. The van der Waals surface area contributed by atoms with Crippen molar-refractivity contribution in [1.82, 2.24) is 0 Å². The van der Waals surface area contributed by atoms with Crippen molar-refractivity contribution in [3.05, 3.63) is 46.0 Å². The molecular weight excluding hydrogens is 216 g/mol. The third-order valence-electron chi connectivity index (χ3n) is 4.49. The smallest absolute Gasteiger partial charge is 0.0273 e. The van der Waals surface area contributed by atoms with Crippen LogP contribution >= 0.6 is 0 Å². The van der Waals surface area contributed by atoms with Gasteiger partial charge in [0.2, 0.25) is 0 Å². The molecular formula is C18H28. The maximum absolute atomic E-state index is 3.78. The van der Waals surface area contributed by atoms with Gasteiger partial charge in [-0.1, -0.05) is 12.5 Å². The predicted molar refractivity (Wildman–Crippen MR) is 82.5 cm³/mol. The van der Waals surface area contributed by atoms with E-state index in [4.69, 9.17) is 0 Å². The van der Waals surface area contributed by atoms with Gasteiger partial charge in [-0.15, -0.1) is 6.58 Å². The van der Waals surface area contributed by atoms with Crippen molar-refractivity contribution in [3.63, 3.8) is 0 Å². The lowest BCUT2D eigenvalue weighted by Gasteiger charge is -2.18. The summed E-state index contributed by atoms with van der Waals surface area (Å²) in [6, 6.07) is 0. The molecule has 0 amide bonds. The van der Waals surface area contributed by atoms with Crippen LogP contribution in [0.25, 0.3) is 0 Å². The summed E-state index contributed by atoms with van der Waals surface area (Å²) in [7, 11) is 0. The molecule has 0 nitrogen and oxygen atoms in total. The van der Waals surface area contributed by atoms with Gasteiger partial charge in [0.05, 0.1) is 0 Å². The Bertz CT molecular complexity index is 395. The van der Waals surface area contributed by atoms with Gasteiger partial charge in [0.1, 0.15) is 0 Å². The number of hydrogen-bond acceptors (Lipinski definition) is 0. The van der Waals surface area contributed by atoms with Crippen LogP contribution in [0.15, 0.2) is 12.7 Å². The first kappa shape index (κ1) is 15.0. The van der Waals surface area contributed by atoms with E-state index < -0.39 is 0 Å². The number of hydrogen-bond donors (Lipinski definition) is 0. The second-order valence-corrected chi connectivity index (χ2v) is 5.49. The van der Waals surface area contributed by atoms with Crippen molar-refractivity contribution in [3.8, 4) is 0 Å². The Kier molecular flexibility index (Phi) is 5.65. The summed E-state index contributed by atoms with van der Waals surface area (Å²) >= 11 is 0. The summed E-state index contributed by atoms with van der Waals surface area (Å²) < 4.78 is 0. The second kappa shape index (κ2) is 6.78. The maximum atomic E-state index is 3.78. The summed E-state index contributed by atoms with van der Waals surface area (Å²) in [5, 5.41) is 0. The normalized spacial score (nSPS) is 10.7. The molecule has 0 unspecified atom stereocenters. The minimum absolute atomic E-state index is 1.16. The Morgan fingerprint density at radius 1 is 0.722 bits per heavy atom. The number of unbranched alkanes of at least 4 members (excludes halogenated alkanes) is 3. The first-order valence-corrected chi connectivity index (χ1v) is 7.17. The lowest BCUT2D eigenvalue weighted by atomic mass is 9.87. The third-order valence-corrected chi connectivity index (χ3v) is 4.49. The van der Waals surface area contributed by atoms with Crippen LogP contribution in [0, 0.1) is 34.6 Å². The molecule has 0 bridgehead atoms. The maximum Gasteiger partial charge on any atom is -0.0273 e. The van der Waals surface area contributed by atoms with Crippen LogP contribution in [0.5, 0.6) is 0 Å². The molecule has 1 rings (SSSR count). The van der Waals surface area contributed by atoms with Gasteiger partial charge in [-0.25, -0.2) is 0 Å². The lowest BCUT2D eigenvalue weighted by Crippen LogP contribution is -2.03. The van der Waals surface area contributed by atoms with E-state index in [1.807, 2.05) is 6.08 Å². The Hall–Kier alpha value is -1.04. The van der Waals surface area contributed by atoms with Crippen LogP contribution in [0.1, 0.15) is 59.1 Å². The molecule has 0 aliphatic carbocycles. The highest BCUT2D eigenvalue weighted by Crippen LogP contribution is 2.27. The van der Waals surface area contributed by atoms with Crippen molar-refractivity contribution < 1.29 is 0 Å². The largest absolute Gasteiger partial charge is 0.103 e. The van der Waals surface area contributed by atoms with Crippen LogP contribution in [-0.4, -0.2) is 0 Å². The molecule has 1 aromatic rings. The van der Waals surface area contributed by atoms with Crippen LogP contribution in [-0.2, 0) is 6.42 Å². The summed E-state index contributed by atoms with van der Waals surface area (Å²) in [6.45, 7) is 15.1. The molecule has 0 aromatic heterocycles. The monoisotopic (exact) mass is 244 g/mol. The van der Waals surface area contributed by atoms with Crippen molar-refractivity contribution in [2.75, 3.05) is 0 Å². The molecule has 0 atom stereocenters. The number of allylic oxidation sites excluding steroid dienone is 1. The molecule has 0 heterocycles. The zero-order chi connectivity index (χ0) is 13.7. The zero-order valence-corrected chi connectivity index (χ0v) is 12.8. The van der Waals surface area contributed by atoms with E-state index in [1.54, 1.807) is 5.56 Å². The van der Waals surface area contributed by atoms with Gasteiger partial charge in [0, 0.05) is 0 Å².